The number of nitrogens with one attached hydrogen (secondary N) is 2. The molecule has 1 aromatic rings. The van der Waals surface area contributed by atoms with E-state index in [1.165, 1.54) is 0 Å². The summed E-state index contributed by atoms with van der Waals surface area (Å²) in [5.74, 6) is 0.0397. The number of aryl methyl sites for hydroxylation is 1. The van der Waals surface area contributed by atoms with Crippen LogP contribution in [0.25, 0.3) is 0 Å². The summed E-state index contributed by atoms with van der Waals surface area (Å²) < 4.78 is 0. The van der Waals surface area contributed by atoms with Crippen molar-refractivity contribution in [2.45, 2.75) is 44.1 Å². The zero-order valence-electron chi connectivity index (χ0n) is 11.5. The molecule has 1 aromatic carbocycles. The molecule has 5 heteroatoms. The first kappa shape index (κ1) is 13.2. The van der Waals surface area contributed by atoms with Crippen molar-refractivity contribution < 1.29 is 9.90 Å². The van der Waals surface area contributed by atoms with Gasteiger partial charge in [0.1, 0.15) is 0 Å². The third kappa shape index (κ3) is 2.58. The maximum Gasteiger partial charge on any atom is 0.224 e. The molecule has 1 aliphatic carbocycles. The molecular formula is C15H21N3O2. The third-order valence-corrected chi connectivity index (χ3v) is 4.31. The van der Waals surface area contributed by atoms with E-state index in [0.29, 0.717) is 18.7 Å². The van der Waals surface area contributed by atoms with Gasteiger partial charge in [-0.05, 0) is 37.0 Å². The normalized spacial score (nSPS) is 20.4. The van der Waals surface area contributed by atoms with Crippen molar-refractivity contribution in [1.29, 1.82) is 0 Å². The lowest BCUT2D eigenvalue weighted by molar-refractivity contribution is -0.116. The number of nitrogens with two attached hydrogens (primary N) is 1. The fraction of sp³-hybridized carbons (Fsp3) is 0.533. The van der Waals surface area contributed by atoms with Crippen molar-refractivity contribution in [3.8, 4) is 0 Å². The summed E-state index contributed by atoms with van der Waals surface area (Å²) in [7, 11) is 0. The molecule has 1 aliphatic heterocycles. The highest BCUT2D eigenvalue weighted by Gasteiger charge is 2.31. The van der Waals surface area contributed by atoms with E-state index in [2.05, 4.69) is 10.6 Å². The van der Waals surface area contributed by atoms with Crippen LogP contribution in [0.4, 0.5) is 17.1 Å². The summed E-state index contributed by atoms with van der Waals surface area (Å²) in [6, 6.07) is 3.79. The number of hydrogen-bond donors (Lipinski definition) is 4. The van der Waals surface area contributed by atoms with Gasteiger partial charge in [0.05, 0.1) is 17.0 Å². The van der Waals surface area contributed by atoms with Gasteiger partial charge < -0.3 is 21.5 Å². The van der Waals surface area contributed by atoms with Crippen molar-refractivity contribution in [3.63, 3.8) is 0 Å². The van der Waals surface area contributed by atoms with Gasteiger partial charge in [-0.3, -0.25) is 4.79 Å². The highest BCUT2D eigenvalue weighted by Crippen LogP contribution is 2.33. The summed E-state index contributed by atoms with van der Waals surface area (Å²) in [6.07, 6.45) is 5.12. The van der Waals surface area contributed by atoms with Crippen molar-refractivity contribution >= 4 is 23.0 Å². The highest BCUT2D eigenvalue weighted by atomic mass is 16.3. The number of fused-ring (bicyclic) bond motifs is 1. The van der Waals surface area contributed by atoms with Crippen molar-refractivity contribution in [2.24, 2.45) is 0 Å². The zero-order valence-corrected chi connectivity index (χ0v) is 11.5. The number of rotatable bonds is 3. The van der Waals surface area contributed by atoms with Crippen LogP contribution in [-0.4, -0.2) is 23.2 Å². The molecule has 0 unspecified atom stereocenters. The van der Waals surface area contributed by atoms with Gasteiger partial charge in [-0.15, -0.1) is 0 Å². The van der Waals surface area contributed by atoms with Crippen LogP contribution in [0.15, 0.2) is 12.1 Å². The number of aliphatic hydroxyl groups is 1. The number of anilines is 3. The molecule has 0 radical (unpaired) electrons. The van der Waals surface area contributed by atoms with E-state index in [9.17, 15) is 9.90 Å². The second-order valence-electron chi connectivity index (χ2n) is 5.93. The molecule has 5 nitrogen and oxygen atoms in total. The number of carbonyl (C=O) groups excluding carboxylic acids is 1. The molecule has 1 saturated carbocycles. The molecule has 108 valence electrons. The van der Waals surface area contributed by atoms with Crippen LogP contribution in [0.1, 0.15) is 37.7 Å². The molecule has 20 heavy (non-hydrogen) atoms. The zero-order chi connectivity index (χ0) is 14.2. The number of amides is 1. The minimum atomic E-state index is -0.601. The van der Waals surface area contributed by atoms with Crippen molar-refractivity contribution in [1.82, 2.24) is 0 Å². The molecule has 0 spiro atoms. The van der Waals surface area contributed by atoms with Crippen LogP contribution < -0.4 is 16.4 Å². The van der Waals surface area contributed by atoms with E-state index < -0.39 is 5.60 Å². The number of carbonyl (C=O) groups is 1. The summed E-state index contributed by atoms with van der Waals surface area (Å²) in [4.78, 5) is 11.4. The lowest BCUT2D eigenvalue weighted by atomic mass is 10.00. The summed E-state index contributed by atoms with van der Waals surface area (Å²) in [6.45, 7) is 0.530. The number of hydrogen-bond acceptors (Lipinski definition) is 4. The molecule has 2 aliphatic rings. The third-order valence-electron chi connectivity index (χ3n) is 4.31. The summed E-state index contributed by atoms with van der Waals surface area (Å²) in [5.41, 5.74) is 8.78. The van der Waals surface area contributed by atoms with Crippen LogP contribution in [0.3, 0.4) is 0 Å². The van der Waals surface area contributed by atoms with E-state index in [0.717, 1.165) is 49.0 Å². The van der Waals surface area contributed by atoms with Gasteiger partial charge in [0.15, 0.2) is 0 Å². The Morgan fingerprint density at radius 2 is 2.05 bits per heavy atom. The fourth-order valence-electron chi connectivity index (χ4n) is 3.07. The van der Waals surface area contributed by atoms with E-state index >= 15 is 0 Å². The van der Waals surface area contributed by atoms with Crippen LogP contribution in [0.2, 0.25) is 0 Å². The van der Waals surface area contributed by atoms with Gasteiger partial charge in [-0.25, -0.2) is 0 Å². The topological polar surface area (TPSA) is 87.4 Å². The van der Waals surface area contributed by atoms with Gasteiger partial charge in [-0.2, -0.15) is 0 Å². The Morgan fingerprint density at radius 3 is 2.80 bits per heavy atom. The largest absolute Gasteiger partial charge is 0.397 e. The van der Waals surface area contributed by atoms with Crippen LogP contribution in [0.5, 0.6) is 0 Å². The Hall–Kier alpha value is -1.75. The SMILES string of the molecule is Nc1cc2c(cc1NCC1(O)CCCC1)CCC(=O)N2. The smallest absolute Gasteiger partial charge is 0.224 e. The minimum absolute atomic E-state index is 0.0397. The Morgan fingerprint density at radius 1 is 1.30 bits per heavy atom. The summed E-state index contributed by atoms with van der Waals surface area (Å²) in [5, 5.41) is 16.5. The minimum Gasteiger partial charge on any atom is -0.397 e. The molecule has 0 atom stereocenters. The maximum absolute atomic E-state index is 11.4. The molecule has 0 aromatic heterocycles. The molecule has 0 bridgehead atoms. The molecule has 0 saturated heterocycles. The Bertz CT molecular complexity index is 536. The lowest BCUT2D eigenvalue weighted by Crippen LogP contribution is -2.33. The average Bonchev–Trinajstić information content (AvgIpc) is 2.84. The lowest BCUT2D eigenvalue weighted by Gasteiger charge is -2.25. The predicted molar refractivity (Wildman–Crippen MR) is 79.7 cm³/mol. The van der Waals surface area contributed by atoms with Gasteiger partial charge in [0.25, 0.3) is 0 Å². The first-order valence-corrected chi connectivity index (χ1v) is 7.24. The first-order valence-electron chi connectivity index (χ1n) is 7.24. The summed E-state index contributed by atoms with van der Waals surface area (Å²) >= 11 is 0. The molecule has 5 N–H and O–H groups in total. The van der Waals surface area contributed by atoms with Crippen molar-refractivity contribution in [2.75, 3.05) is 22.9 Å². The van der Waals surface area contributed by atoms with Crippen LogP contribution >= 0.6 is 0 Å². The monoisotopic (exact) mass is 275 g/mol. The molecular weight excluding hydrogens is 254 g/mol. The van der Waals surface area contributed by atoms with Gasteiger partial charge in [-0.1, -0.05) is 12.8 Å². The van der Waals surface area contributed by atoms with E-state index in [1.807, 2.05) is 6.07 Å². The van der Waals surface area contributed by atoms with Crippen molar-refractivity contribution in [3.05, 3.63) is 17.7 Å². The highest BCUT2D eigenvalue weighted by molar-refractivity contribution is 5.95. The van der Waals surface area contributed by atoms with Gasteiger partial charge in [0, 0.05) is 18.7 Å². The van der Waals surface area contributed by atoms with E-state index in [4.69, 9.17) is 5.73 Å². The molecule has 1 fully saturated rings. The number of nitrogen functional groups attached to an aromatic ring is 1. The predicted octanol–water partition coefficient (Wildman–Crippen LogP) is 1.87. The molecule has 1 heterocycles. The molecule has 1 amide bonds. The Balaban J connectivity index is 1.75. The van der Waals surface area contributed by atoms with Crippen LogP contribution in [-0.2, 0) is 11.2 Å². The molecule has 3 rings (SSSR count). The Kier molecular flexibility index (Phi) is 3.30. The quantitative estimate of drug-likeness (QED) is 0.634. The van der Waals surface area contributed by atoms with Crippen LogP contribution in [0, 0.1) is 0 Å². The second-order valence-corrected chi connectivity index (χ2v) is 5.93. The number of benzene rings is 1. The standard InChI is InChI=1S/C15H21N3O2/c16-11-8-12-10(3-4-14(19)18-12)7-13(11)17-9-15(20)5-1-2-6-15/h7-8,17,20H,1-6,9,16H2,(H,18,19). The van der Waals surface area contributed by atoms with E-state index in [1.54, 1.807) is 6.07 Å². The fourth-order valence-corrected chi connectivity index (χ4v) is 3.07. The Labute approximate surface area is 118 Å². The van der Waals surface area contributed by atoms with E-state index in [-0.39, 0.29) is 5.91 Å². The maximum atomic E-state index is 11.4. The average molecular weight is 275 g/mol. The van der Waals surface area contributed by atoms with Gasteiger partial charge in [0.2, 0.25) is 5.91 Å². The second kappa shape index (κ2) is 4.98. The van der Waals surface area contributed by atoms with Gasteiger partial charge >= 0.3 is 0 Å². The first-order chi connectivity index (χ1) is 9.56.